The average molecular weight is 200 g/mol. The van der Waals surface area contributed by atoms with E-state index in [2.05, 4.69) is 70.2 Å². The first-order chi connectivity index (χ1) is 7.11. The van der Waals surface area contributed by atoms with Crippen LogP contribution in [-0.2, 0) is 0 Å². The van der Waals surface area contributed by atoms with Gasteiger partial charge in [-0.25, -0.2) is 0 Å². The van der Waals surface area contributed by atoms with E-state index in [-0.39, 0.29) is 0 Å². The summed E-state index contributed by atoms with van der Waals surface area (Å²) < 4.78 is 0. The maximum Gasteiger partial charge on any atom is -0.000470 e. The highest BCUT2D eigenvalue weighted by atomic mass is 14.1. The molecule has 1 atom stereocenters. The van der Waals surface area contributed by atoms with Gasteiger partial charge in [0, 0.05) is 0 Å². The SMILES string of the molecule is CC(C)=C/C=C\C(C)c1ccccc1C. The van der Waals surface area contributed by atoms with Crippen molar-refractivity contribution in [3.05, 3.63) is 59.2 Å². The van der Waals surface area contributed by atoms with Crippen LogP contribution in [0.2, 0.25) is 0 Å². The van der Waals surface area contributed by atoms with Crippen molar-refractivity contribution < 1.29 is 0 Å². The quantitative estimate of drug-likeness (QED) is 0.624. The lowest BCUT2D eigenvalue weighted by Crippen LogP contribution is -1.92. The summed E-state index contributed by atoms with van der Waals surface area (Å²) in [4.78, 5) is 0. The van der Waals surface area contributed by atoms with Crippen LogP contribution in [-0.4, -0.2) is 0 Å². The highest BCUT2D eigenvalue weighted by molar-refractivity contribution is 5.32. The van der Waals surface area contributed by atoms with Crippen LogP contribution in [0.5, 0.6) is 0 Å². The smallest absolute Gasteiger partial charge is 0.000470 e. The van der Waals surface area contributed by atoms with Gasteiger partial charge in [0.2, 0.25) is 0 Å². The molecule has 0 aliphatic rings. The van der Waals surface area contributed by atoms with Gasteiger partial charge >= 0.3 is 0 Å². The van der Waals surface area contributed by atoms with Gasteiger partial charge < -0.3 is 0 Å². The average Bonchev–Trinajstić information content (AvgIpc) is 2.17. The van der Waals surface area contributed by atoms with Crippen LogP contribution in [0.3, 0.4) is 0 Å². The van der Waals surface area contributed by atoms with Gasteiger partial charge in [0.15, 0.2) is 0 Å². The van der Waals surface area contributed by atoms with Crippen LogP contribution in [0, 0.1) is 6.92 Å². The number of rotatable bonds is 3. The molecule has 0 bridgehead atoms. The maximum absolute atomic E-state index is 2.25. The molecule has 0 nitrogen and oxygen atoms in total. The van der Waals surface area contributed by atoms with Crippen LogP contribution in [0.15, 0.2) is 48.1 Å². The fourth-order valence-electron chi connectivity index (χ4n) is 1.62. The van der Waals surface area contributed by atoms with E-state index in [1.54, 1.807) is 0 Å². The normalized spacial score (nSPS) is 12.8. The number of aryl methyl sites for hydroxylation is 1. The van der Waals surface area contributed by atoms with Crippen molar-refractivity contribution in [1.82, 2.24) is 0 Å². The molecule has 0 aliphatic carbocycles. The van der Waals surface area contributed by atoms with Gasteiger partial charge in [0.25, 0.3) is 0 Å². The molecule has 0 heteroatoms. The van der Waals surface area contributed by atoms with E-state index < -0.39 is 0 Å². The van der Waals surface area contributed by atoms with E-state index in [1.165, 1.54) is 16.7 Å². The number of hydrogen-bond donors (Lipinski definition) is 0. The van der Waals surface area contributed by atoms with Crippen molar-refractivity contribution in [2.45, 2.75) is 33.6 Å². The Kier molecular flexibility index (Phi) is 4.36. The molecule has 0 aliphatic heterocycles. The van der Waals surface area contributed by atoms with Gasteiger partial charge in [-0.15, -0.1) is 0 Å². The molecule has 0 heterocycles. The predicted octanol–water partition coefficient (Wildman–Crippen LogP) is 4.62. The highest BCUT2D eigenvalue weighted by Gasteiger charge is 2.02. The summed E-state index contributed by atoms with van der Waals surface area (Å²) in [5.41, 5.74) is 4.12. The number of allylic oxidation sites excluding steroid dienone is 4. The summed E-state index contributed by atoms with van der Waals surface area (Å²) in [5.74, 6) is 0.488. The van der Waals surface area contributed by atoms with E-state index in [1.807, 2.05) is 0 Å². The molecule has 0 amide bonds. The zero-order valence-electron chi connectivity index (χ0n) is 10.1. The molecule has 15 heavy (non-hydrogen) atoms. The molecule has 0 saturated carbocycles. The monoisotopic (exact) mass is 200 g/mol. The lowest BCUT2D eigenvalue weighted by Gasteiger charge is -2.09. The first-order valence-corrected chi connectivity index (χ1v) is 5.48. The van der Waals surface area contributed by atoms with Crippen molar-refractivity contribution in [3.8, 4) is 0 Å². The lowest BCUT2D eigenvalue weighted by atomic mass is 9.96. The predicted molar refractivity (Wildman–Crippen MR) is 68.2 cm³/mol. The molecule has 1 rings (SSSR count). The minimum Gasteiger partial charge on any atom is -0.0773 e. The second-order valence-corrected chi connectivity index (χ2v) is 4.27. The Balaban J connectivity index is 2.78. The zero-order valence-corrected chi connectivity index (χ0v) is 10.1. The van der Waals surface area contributed by atoms with Crippen LogP contribution in [0.1, 0.15) is 37.8 Å². The standard InChI is InChI=1S/C15H20/c1-12(2)8-7-10-14(4)15-11-6-5-9-13(15)3/h5-11,14H,1-4H3/b10-7-. The summed E-state index contributed by atoms with van der Waals surface area (Å²) in [6, 6.07) is 8.56. The first-order valence-electron chi connectivity index (χ1n) is 5.48. The lowest BCUT2D eigenvalue weighted by molar-refractivity contribution is 0.952. The molecule has 80 valence electrons. The Hall–Kier alpha value is -1.30. The van der Waals surface area contributed by atoms with Crippen LogP contribution >= 0.6 is 0 Å². The van der Waals surface area contributed by atoms with Crippen molar-refractivity contribution in [2.75, 3.05) is 0 Å². The summed E-state index contributed by atoms with van der Waals surface area (Å²) in [5, 5.41) is 0. The largest absolute Gasteiger partial charge is 0.0773 e. The molecule has 0 aromatic heterocycles. The van der Waals surface area contributed by atoms with Crippen LogP contribution in [0.25, 0.3) is 0 Å². The van der Waals surface area contributed by atoms with Gasteiger partial charge in [-0.3, -0.25) is 0 Å². The topological polar surface area (TPSA) is 0 Å². The summed E-state index contributed by atoms with van der Waals surface area (Å²) in [6.45, 7) is 8.63. The van der Waals surface area contributed by atoms with E-state index in [4.69, 9.17) is 0 Å². The molecule has 1 aromatic carbocycles. The molecule has 0 N–H and O–H groups in total. The molecular formula is C15H20. The van der Waals surface area contributed by atoms with Gasteiger partial charge in [-0.1, -0.05) is 55.0 Å². The van der Waals surface area contributed by atoms with E-state index in [9.17, 15) is 0 Å². The Morgan fingerprint density at radius 1 is 1.20 bits per heavy atom. The molecular weight excluding hydrogens is 180 g/mol. The maximum atomic E-state index is 2.25. The van der Waals surface area contributed by atoms with E-state index in [0.717, 1.165) is 0 Å². The van der Waals surface area contributed by atoms with Crippen LogP contribution in [0.4, 0.5) is 0 Å². The molecule has 1 unspecified atom stereocenters. The van der Waals surface area contributed by atoms with Crippen molar-refractivity contribution in [2.24, 2.45) is 0 Å². The van der Waals surface area contributed by atoms with Crippen molar-refractivity contribution >= 4 is 0 Å². The highest BCUT2D eigenvalue weighted by Crippen LogP contribution is 2.20. The second-order valence-electron chi connectivity index (χ2n) is 4.27. The Morgan fingerprint density at radius 2 is 1.87 bits per heavy atom. The fraction of sp³-hybridized carbons (Fsp3) is 0.333. The summed E-state index contributed by atoms with van der Waals surface area (Å²) >= 11 is 0. The van der Waals surface area contributed by atoms with E-state index in [0.29, 0.717) is 5.92 Å². The zero-order chi connectivity index (χ0) is 11.3. The van der Waals surface area contributed by atoms with Crippen molar-refractivity contribution in [3.63, 3.8) is 0 Å². The third kappa shape index (κ3) is 3.75. The molecule has 0 fully saturated rings. The van der Waals surface area contributed by atoms with Gasteiger partial charge in [-0.05, 0) is 37.8 Å². The Morgan fingerprint density at radius 3 is 2.47 bits per heavy atom. The van der Waals surface area contributed by atoms with Gasteiger partial charge in [-0.2, -0.15) is 0 Å². The Bertz CT molecular complexity index is 365. The minimum absolute atomic E-state index is 0.488. The summed E-state index contributed by atoms with van der Waals surface area (Å²) in [7, 11) is 0. The number of benzene rings is 1. The van der Waals surface area contributed by atoms with Gasteiger partial charge in [0.05, 0.1) is 0 Å². The minimum atomic E-state index is 0.488. The summed E-state index contributed by atoms with van der Waals surface area (Å²) in [6.07, 6.45) is 6.54. The van der Waals surface area contributed by atoms with E-state index >= 15 is 0 Å². The number of hydrogen-bond acceptors (Lipinski definition) is 0. The molecule has 1 aromatic rings. The van der Waals surface area contributed by atoms with Crippen LogP contribution < -0.4 is 0 Å². The van der Waals surface area contributed by atoms with Crippen molar-refractivity contribution in [1.29, 1.82) is 0 Å². The Labute approximate surface area is 93.3 Å². The fourth-order valence-corrected chi connectivity index (χ4v) is 1.62. The first kappa shape index (κ1) is 11.8. The molecule has 0 saturated heterocycles. The molecule has 0 spiro atoms. The molecule has 0 radical (unpaired) electrons. The van der Waals surface area contributed by atoms with Gasteiger partial charge in [0.1, 0.15) is 0 Å². The third-order valence-corrected chi connectivity index (χ3v) is 2.51. The second kappa shape index (κ2) is 5.55. The third-order valence-electron chi connectivity index (χ3n) is 2.51.